The van der Waals surface area contributed by atoms with Crippen molar-refractivity contribution in [3.63, 3.8) is 0 Å². The van der Waals surface area contributed by atoms with E-state index >= 15 is 0 Å². The highest BCUT2D eigenvalue weighted by atomic mass is 16.6. The molecule has 27 heavy (non-hydrogen) atoms. The molecule has 2 amide bonds. The summed E-state index contributed by atoms with van der Waals surface area (Å²) >= 11 is 0. The molecule has 2 N–H and O–H groups in total. The molecule has 0 radical (unpaired) electrons. The zero-order valence-corrected chi connectivity index (χ0v) is 14.8. The second-order valence-electron chi connectivity index (χ2n) is 5.57. The number of fused-ring (bicyclic) bond motifs is 1. The van der Waals surface area contributed by atoms with Gasteiger partial charge in [0.05, 0.1) is 6.61 Å². The summed E-state index contributed by atoms with van der Waals surface area (Å²) in [6.07, 6.45) is -0.861. The molecule has 3 rings (SSSR count). The van der Waals surface area contributed by atoms with Crippen LogP contribution in [-0.2, 0) is 9.59 Å². The minimum atomic E-state index is -0.861. The lowest BCUT2D eigenvalue weighted by Gasteiger charge is -2.25. The van der Waals surface area contributed by atoms with Gasteiger partial charge in [0.15, 0.2) is 29.6 Å². The van der Waals surface area contributed by atoms with Gasteiger partial charge in [0.2, 0.25) is 6.10 Å². The summed E-state index contributed by atoms with van der Waals surface area (Å²) in [5, 5.41) is 0. The van der Waals surface area contributed by atoms with E-state index in [0.717, 1.165) is 0 Å². The number of carbonyl (C=O) groups is 2. The Bertz CT molecular complexity index is 810. The van der Waals surface area contributed by atoms with E-state index in [0.29, 0.717) is 29.6 Å². The Morgan fingerprint density at radius 1 is 1.00 bits per heavy atom. The monoisotopic (exact) mass is 372 g/mol. The molecule has 1 heterocycles. The number of hydrazine groups is 1. The number of rotatable bonds is 6. The third-order valence-corrected chi connectivity index (χ3v) is 3.63. The Morgan fingerprint density at radius 2 is 1.67 bits per heavy atom. The molecular weight excluding hydrogens is 352 g/mol. The highest BCUT2D eigenvalue weighted by molar-refractivity contribution is 5.85. The molecule has 0 saturated heterocycles. The number of ether oxygens (including phenoxy) is 4. The third kappa shape index (κ3) is 4.81. The molecule has 0 spiro atoms. The average Bonchev–Trinajstić information content (AvgIpc) is 2.71. The van der Waals surface area contributed by atoms with E-state index in [1.165, 1.54) is 0 Å². The first-order valence-electron chi connectivity index (χ1n) is 8.49. The number of carbonyl (C=O) groups excluding carboxylic acids is 2. The van der Waals surface area contributed by atoms with Gasteiger partial charge in [-0.05, 0) is 31.2 Å². The molecule has 8 nitrogen and oxygen atoms in total. The molecule has 0 saturated carbocycles. The third-order valence-electron chi connectivity index (χ3n) is 3.63. The first-order valence-corrected chi connectivity index (χ1v) is 8.49. The van der Waals surface area contributed by atoms with E-state index in [1.54, 1.807) is 36.4 Å². The Balaban J connectivity index is 1.45. The number of nitrogens with one attached hydrogen (secondary N) is 2. The molecule has 8 heteroatoms. The van der Waals surface area contributed by atoms with Gasteiger partial charge in [-0.25, -0.2) is 0 Å². The van der Waals surface area contributed by atoms with Crippen LogP contribution in [0.5, 0.6) is 23.0 Å². The van der Waals surface area contributed by atoms with Crippen molar-refractivity contribution in [1.29, 1.82) is 0 Å². The van der Waals surface area contributed by atoms with Gasteiger partial charge in [0, 0.05) is 0 Å². The first kappa shape index (κ1) is 18.4. The van der Waals surface area contributed by atoms with Crippen molar-refractivity contribution < 1.29 is 28.5 Å². The van der Waals surface area contributed by atoms with Gasteiger partial charge < -0.3 is 18.9 Å². The van der Waals surface area contributed by atoms with Gasteiger partial charge in [0.1, 0.15) is 6.61 Å². The highest BCUT2D eigenvalue weighted by Gasteiger charge is 2.27. The smallest absolute Gasteiger partial charge is 0.283 e. The number of benzene rings is 2. The van der Waals surface area contributed by atoms with Gasteiger partial charge in [-0.2, -0.15) is 0 Å². The molecule has 1 aliphatic heterocycles. The zero-order valence-electron chi connectivity index (χ0n) is 14.8. The van der Waals surface area contributed by atoms with Crippen LogP contribution >= 0.6 is 0 Å². The summed E-state index contributed by atoms with van der Waals surface area (Å²) in [5.41, 5.74) is 4.59. The lowest BCUT2D eigenvalue weighted by Crippen LogP contribution is -2.51. The van der Waals surface area contributed by atoms with Gasteiger partial charge >= 0.3 is 0 Å². The Kier molecular flexibility index (Phi) is 5.98. The van der Waals surface area contributed by atoms with Crippen molar-refractivity contribution in [2.24, 2.45) is 0 Å². The second kappa shape index (κ2) is 8.79. The van der Waals surface area contributed by atoms with E-state index in [-0.39, 0.29) is 13.2 Å². The van der Waals surface area contributed by atoms with Crippen LogP contribution in [0.2, 0.25) is 0 Å². The fourth-order valence-corrected chi connectivity index (χ4v) is 2.38. The minimum Gasteiger partial charge on any atom is -0.490 e. The summed E-state index contributed by atoms with van der Waals surface area (Å²) in [4.78, 5) is 24.0. The molecule has 0 unspecified atom stereocenters. The average molecular weight is 372 g/mol. The summed E-state index contributed by atoms with van der Waals surface area (Å²) < 4.78 is 21.9. The summed E-state index contributed by atoms with van der Waals surface area (Å²) in [7, 11) is 0. The van der Waals surface area contributed by atoms with Crippen molar-refractivity contribution >= 4 is 11.8 Å². The van der Waals surface area contributed by atoms with Crippen molar-refractivity contribution in [2.45, 2.75) is 13.0 Å². The number of para-hydroxylation sites is 4. The van der Waals surface area contributed by atoms with Crippen molar-refractivity contribution in [2.75, 3.05) is 19.8 Å². The fraction of sp³-hybridized carbons (Fsp3) is 0.263. The SMILES string of the molecule is CCOc1ccccc1OCC(=O)NNC(=O)[C@@H]1COc2ccccc2O1. The maximum Gasteiger partial charge on any atom is 0.283 e. The molecule has 2 aromatic rings. The van der Waals surface area contributed by atoms with Crippen LogP contribution in [0.1, 0.15) is 6.92 Å². The van der Waals surface area contributed by atoms with E-state index in [4.69, 9.17) is 18.9 Å². The lowest BCUT2D eigenvalue weighted by atomic mass is 10.2. The molecule has 142 valence electrons. The maximum atomic E-state index is 12.1. The number of hydrogen-bond donors (Lipinski definition) is 2. The topological polar surface area (TPSA) is 95.1 Å². The molecule has 0 aliphatic carbocycles. The molecule has 0 bridgehead atoms. The largest absolute Gasteiger partial charge is 0.490 e. The molecular formula is C19H20N2O6. The van der Waals surface area contributed by atoms with E-state index in [2.05, 4.69) is 10.9 Å². The minimum absolute atomic E-state index is 0.0525. The van der Waals surface area contributed by atoms with Crippen LogP contribution in [0, 0.1) is 0 Å². The van der Waals surface area contributed by atoms with Crippen molar-refractivity contribution in [3.8, 4) is 23.0 Å². The Hall–Kier alpha value is -3.42. The van der Waals surface area contributed by atoms with E-state index < -0.39 is 17.9 Å². The van der Waals surface area contributed by atoms with Crippen LogP contribution in [0.4, 0.5) is 0 Å². The van der Waals surface area contributed by atoms with Crippen LogP contribution in [0.3, 0.4) is 0 Å². The van der Waals surface area contributed by atoms with Gasteiger partial charge in [-0.1, -0.05) is 24.3 Å². The predicted molar refractivity (Wildman–Crippen MR) is 95.7 cm³/mol. The maximum absolute atomic E-state index is 12.1. The zero-order chi connectivity index (χ0) is 19.1. The molecule has 1 atom stereocenters. The van der Waals surface area contributed by atoms with E-state index in [9.17, 15) is 9.59 Å². The van der Waals surface area contributed by atoms with E-state index in [1.807, 2.05) is 19.1 Å². The Morgan fingerprint density at radius 3 is 2.41 bits per heavy atom. The molecule has 2 aromatic carbocycles. The van der Waals surface area contributed by atoms with Crippen LogP contribution in [0.25, 0.3) is 0 Å². The highest BCUT2D eigenvalue weighted by Crippen LogP contribution is 2.30. The molecule has 0 fully saturated rings. The summed E-state index contributed by atoms with van der Waals surface area (Å²) in [6, 6.07) is 14.1. The van der Waals surface area contributed by atoms with Crippen LogP contribution in [-0.4, -0.2) is 37.7 Å². The Labute approximate surface area is 156 Å². The summed E-state index contributed by atoms with van der Waals surface area (Å²) in [5.74, 6) is 1.00. The first-order chi connectivity index (χ1) is 13.2. The van der Waals surface area contributed by atoms with Gasteiger partial charge in [-0.15, -0.1) is 0 Å². The normalized spacial score (nSPS) is 14.8. The van der Waals surface area contributed by atoms with Crippen LogP contribution < -0.4 is 29.8 Å². The fourth-order valence-electron chi connectivity index (χ4n) is 2.38. The number of hydrogen-bond acceptors (Lipinski definition) is 6. The second-order valence-corrected chi connectivity index (χ2v) is 5.57. The molecule has 1 aliphatic rings. The standard InChI is InChI=1S/C19H20N2O6/c1-2-24-13-7-3-4-8-14(13)26-12-18(22)20-21-19(23)17-11-25-15-9-5-6-10-16(15)27-17/h3-10,17H,2,11-12H2,1H3,(H,20,22)(H,21,23)/t17-/m0/s1. The van der Waals surface area contributed by atoms with Gasteiger partial charge in [0.25, 0.3) is 11.8 Å². The lowest BCUT2D eigenvalue weighted by molar-refractivity contribution is -0.135. The van der Waals surface area contributed by atoms with Crippen LogP contribution in [0.15, 0.2) is 48.5 Å². The van der Waals surface area contributed by atoms with Gasteiger partial charge in [-0.3, -0.25) is 20.4 Å². The predicted octanol–water partition coefficient (Wildman–Crippen LogP) is 1.45. The molecule has 0 aromatic heterocycles. The number of amides is 2. The van der Waals surface area contributed by atoms with Crippen molar-refractivity contribution in [3.05, 3.63) is 48.5 Å². The summed E-state index contributed by atoms with van der Waals surface area (Å²) in [6.45, 7) is 2.11. The van der Waals surface area contributed by atoms with Crippen molar-refractivity contribution in [1.82, 2.24) is 10.9 Å². The quantitative estimate of drug-likeness (QED) is 0.746.